The topological polar surface area (TPSA) is 127 Å². The fourth-order valence-corrected chi connectivity index (χ4v) is 2.63. The van der Waals surface area contributed by atoms with E-state index in [4.69, 9.17) is 5.73 Å². The summed E-state index contributed by atoms with van der Waals surface area (Å²) < 4.78 is 4.60. The van der Waals surface area contributed by atoms with Gasteiger partial charge in [0, 0.05) is 5.56 Å². The first-order valence-corrected chi connectivity index (χ1v) is 7.81. The van der Waals surface area contributed by atoms with Crippen LogP contribution in [0.1, 0.15) is 17.3 Å². The third-order valence-electron chi connectivity index (χ3n) is 3.02. The highest BCUT2D eigenvalue weighted by molar-refractivity contribution is 8.00. The van der Waals surface area contributed by atoms with Crippen LogP contribution in [-0.2, 0) is 9.53 Å². The number of ether oxygens (including phenoxy) is 1. The Bertz CT molecular complexity index is 807. The van der Waals surface area contributed by atoms with Crippen molar-refractivity contribution in [1.82, 2.24) is 9.97 Å². The molecule has 0 aliphatic heterocycles. The van der Waals surface area contributed by atoms with Crippen molar-refractivity contribution in [1.29, 1.82) is 0 Å². The van der Waals surface area contributed by atoms with Gasteiger partial charge in [-0.25, -0.2) is 4.98 Å². The molecule has 1 amide bonds. The lowest BCUT2D eigenvalue weighted by Crippen LogP contribution is -2.23. The number of carbonyl (C=O) groups is 2. The molecule has 1 aromatic heterocycles. The summed E-state index contributed by atoms with van der Waals surface area (Å²) in [7, 11) is 1.27. The van der Waals surface area contributed by atoms with E-state index >= 15 is 0 Å². The number of amides is 1. The van der Waals surface area contributed by atoms with E-state index in [0.717, 1.165) is 11.8 Å². The number of anilines is 2. The molecular weight excluding hydrogens is 332 g/mol. The molecule has 1 heterocycles. The van der Waals surface area contributed by atoms with Gasteiger partial charge in [0.15, 0.2) is 11.0 Å². The summed E-state index contributed by atoms with van der Waals surface area (Å²) in [5, 5.41) is 2.03. The first kappa shape index (κ1) is 17.5. The summed E-state index contributed by atoms with van der Waals surface area (Å²) in [6.07, 6.45) is 0. The lowest BCUT2D eigenvalue weighted by molar-refractivity contribution is -0.139. The molecule has 0 radical (unpaired) electrons. The van der Waals surface area contributed by atoms with Crippen LogP contribution in [0.5, 0.6) is 0 Å². The largest absolute Gasteiger partial charge is 0.468 e. The molecule has 0 saturated heterocycles. The van der Waals surface area contributed by atoms with E-state index in [-0.39, 0.29) is 16.7 Å². The number of H-pyrrole nitrogens is 1. The van der Waals surface area contributed by atoms with Gasteiger partial charge in [-0.1, -0.05) is 30.0 Å². The fraction of sp³-hybridized carbons (Fsp3) is 0.200. The number of benzene rings is 1. The van der Waals surface area contributed by atoms with E-state index in [1.807, 2.05) is 0 Å². The molecule has 2 rings (SSSR count). The first-order chi connectivity index (χ1) is 11.4. The maximum Gasteiger partial charge on any atom is 0.318 e. The minimum atomic E-state index is -0.605. The zero-order chi connectivity index (χ0) is 17.7. The second kappa shape index (κ2) is 7.64. The number of nitrogens with two attached hydrogens (primary N) is 1. The fourth-order valence-electron chi connectivity index (χ4n) is 1.80. The number of thioether (sulfide) groups is 1. The highest BCUT2D eigenvalue weighted by atomic mass is 32.2. The van der Waals surface area contributed by atoms with E-state index in [1.54, 1.807) is 37.3 Å². The zero-order valence-electron chi connectivity index (χ0n) is 13.0. The molecule has 126 valence electrons. The van der Waals surface area contributed by atoms with E-state index in [1.165, 1.54) is 7.11 Å². The summed E-state index contributed by atoms with van der Waals surface area (Å²) in [5.41, 5.74) is 5.40. The lowest BCUT2D eigenvalue weighted by atomic mass is 10.2. The summed E-state index contributed by atoms with van der Waals surface area (Å²) >= 11 is 0.995. The normalized spacial score (nSPS) is 11.6. The van der Waals surface area contributed by atoms with Crippen LogP contribution in [0.2, 0.25) is 0 Å². The Morgan fingerprint density at radius 2 is 2.00 bits per heavy atom. The van der Waals surface area contributed by atoms with E-state index in [0.29, 0.717) is 5.56 Å². The van der Waals surface area contributed by atoms with Crippen molar-refractivity contribution >= 4 is 35.1 Å². The van der Waals surface area contributed by atoms with Gasteiger partial charge in [-0.2, -0.15) is 0 Å². The standard InChI is InChI=1S/C15H16N4O4S/c1-8(14(22)23-2)24-15-18-11(16)10(13(21)19-15)17-12(20)9-6-4-3-5-7-9/h3-8H,1-2H3,(H,17,20)(H3,16,18,19,21)/t8-/m1/s1. The Hall–Kier alpha value is -2.81. The van der Waals surface area contributed by atoms with Crippen molar-refractivity contribution in [3.63, 3.8) is 0 Å². The number of nitrogens with zero attached hydrogens (tertiary/aromatic N) is 1. The van der Waals surface area contributed by atoms with Crippen molar-refractivity contribution in [3.05, 3.63) is 46.2 Å². The number of rotatable bonds is 5. The first-order valence-electron chi connectivity index (χ1n) is 6.93. The Labute approximate surface area is 141 Å². The second-order valence-electron chi connectivity index (χ2n) is 4.73. The number of hydrogen-bond acceptors (Lipinski definition) is 7. The number of esters is 1. The number of nitrogen functional groups attached to an aromatic ring is 1. The van der Waals surface area contributed by atoms with Gasteiger partial charge in [0.1, 0.15) is 10.9 Å². The predicted octanol–water partition coefficient (Wildman–Crippen LogP) is 1.26. The van der Waals surface area contributed by atoms with Crippen molar-refractivity contribution in [3.8, 4) is 0 Å². The highest BCUT2D eigenvalue weighted by Gasteiger charge is 2.18. The molecular formula is C15H16N4O4S. The summed E-state index contributed by atoms with van der Waals surface area (Å²) in [5.74, 6) is -1.07. The van der Waals surface area contributed by atoms with E-state index in [9.17, 15) is 14.4 Å². The number of aromatic amines is 1. The maximum atomic E-state index is 12.1. The monoisotopic (exact) mass is 348 g/mol. The van der Waals surface area contributed by atoms with Crippen LogP contribution in [-0.4, -0.2) is 34.2 Å². The Morgan fingerprint density at radius 3 is 2.58 bits per heavy atom. The second-order valence-corrected chi connectivity index (χ2v) is 6.06. The van der Waals surface area contributed by atoms with E-state index < -0.39 is 22.7 Å². The summed E-state index contributed by atoms with van der Waals surface area (Å²) in [6, 6.07) is 8.39. The van der Waals surface area contributed by atoms with Gasteiger partial charge in [0.25, 0.3) is 11.5 Å². The molecule has 0 fully saturated rings. The van der Waals surface area contributed by atoms with Crippen LogP contribution in [0.4, 0.5) is 11.5 Å². The van der Waals surface area contributed by atoms with Gasteiger partial charge in [-0.3, -0.25) is 19.4 Å². The van der Waals surface area contributed by atoms with Crippen LogP contribution in [0.15, 0.2) is 40.3 Å². The highest BCUT2D eigenvalue weighted by Crippen LogP contribution is 2.22. The Morgan fingerprint density at radius 1 is 1.33 bits per heavy atom. The van der Waals surface area contributed by atoms with Crippen LogP contribution in [0.25, 0.3) is 0 Å². The van der Waals surface area contributed by atoms with Crippen molar-refractivity contribution in [2.75, 3.05) is 18.2 Å². The molecule has 0 spiro atoms. The van der Waals surface area contributed by atoms with Crippen molar-refractivity contribution in [2.24, 2.45) is 0 Å². The molecule has 0 aliphatic carbocycles. The minimum Gasteiger partial charge on any atom is -0.468 e. The average molecular weight is 348 g/mol. The quantitative estimate of drug-likeness (QED) is 0.421. The molecule has 0 unspecified atom stereocenters. The van der Waals surface area contributed by atoms with Crippen LogP contribution in [0.3, 0.4) is 0 Å². The minimum absolute atomic E-state index is 0.136. The molecule has 24 heavy (non-hydrogen) atoms. The molecule has 1 aromatic carbocycles. The molecule has 8 nitrogen and oxygen atoms in total. The molecule has 0 bridgehead atoms. The number of carbonyl (C=O) groups excluding carboxylic acids is 2. The van der Waals surface area contributed by atoms with Crippen molar-refractivity contribution < 1.29 is 14.3 Å². The van der Waals surface area contributed by atoms with E-state index in [2.05, 4.69) is 20.0 Å². The van der Waals surface area contributed by atoms with Crippen LogP contribution >= 0.6 is 11.8 Å². The molecule has 4 N–H and O–H groups in total. The molecule has 1 atom stereocenters. The maximum absolute atomic E-state index is 12.1. The van der Waals surface area contributed by atoms with Gasteiger partial charge in [0.05, 0.1) is 7.11 Å². The summed E-state index contributed by atoms with van der Waals surface area (Å²) in [6.45, 7) is 1.61. The number of methoxy groups -OCH3 is 1. The van der Waals surface area contributed by atoms with Gasteiger partial charge in [-0.15, -0.1) is 0 Å². The zero-order valence-corrected chi connectivity index (χ0v) is 13.8. The average Bonchev–Trinajstić information content (AvgIpc) is 2.57. The van der Waals surface area contributed by atoms with Gasteiger partial charge in [-0.05, 0) is 19.1 Å². The van der Waals surface area contributed by atoms with Gasteiger partial charge in [0.2, 0.25) is 0 Å². The van der Waals surface area contributed by atoms with Gasteiger partial charge >= 0.3 is 5.97 Å². The van der Waals surface area contributed by atoms with Gasteiger partial charge < -0.3 is 15.8 Å². The third kappa shape index (κ3) is 4.13. The third-order valence-corrected chi connectivity index (χ3v) is 3.98. The number of aromatic nitrogens is 2. The summed E-state index contributed by atoms with van der Waals surface area (Å²) in [4.78, 5) is 42.1. The molecule has 0 saturated carbocycles. The Kier molecular flexibility index (Phi) is 5.59. The van der Waals surface area contributed by atoms with Crippen molar-refractivity contribution in [2.45, 2.75) is 17.3 Å². The molecule has 2 aromatic rings. The smallest absolute Gasteiger partial charge is 0.318 e. The Balaban J connectivity index is 2.20. The van der Waals surface area contributed by atoms with Crippen LogP contribution < -0.4 is 16.6 Å². The van der Waals surface area contributed by atoms with Crippen LogP contribution in [0, 0.1) is 0 Å². The number of hydrogen-bond donors (Lipinski definition) is 3. The predicted molar refractivity (Wildman–Crippen MR) is 91.0 cm³/mol. The molecule has 0 aliphatic rings. The SMILES string of the molecule is COC(=O)[C@@H](C)Sc1nc(N)c(NC(=O)c2ccccc2)c(=O)[nH]1. The number of nitrogens with one attached hydrogen (secondary N) is 2. The molecule has 9 heteroatoms. The lowest BCUT2D eigenvalue weighted by Gasteiger charge is -2.10.